The molecule has 0 spiro atoms. The van der Waals surface area contributed by atoms with Gasteiger partial charge in [0.2, 0.25) is 5.91 Å². The second-order valence-electron chi connectivity index (χ2n) is 25.7. The number of aliphatic hydroxyl groups is 2. The van der Waals surface area contributed by atoms with Crippen LogP contribution >= 0.6 is 0 Å². The SMILES string of the molecule is CCCCCCC/C=C\C/C=C\CCCCCCCCCCCCCCCCCCCCCCCCCCCCCC(=O)NC(CO)C(O)/C=C/CC/C=C/CC/C=C/CCCCCCCCCCCCCCCCCCCCCCC. The minimum atomic E-state index is -0.873. The highest BCUT2D eigenvalue weighted by atomic mass is 16.3. The fraction of sp³-hybridized carbons (Fsp3) is 0.859. The monoisotopic (exact) mass is 1150 g/mol. The topological polar surface area (TPSA) is 69.6 Å². The number of nitrogens with one attached hydrogen (secondary N) is 1. The van der Waals surface area contributed by atoms with E-state index in [1.54, 1.807) is 6.08 Å². The largest absolute Gasteiger partial charge is 0.394 e. The number of hydrogen-bond donors (Lipinski definition) is 3. The maximum Gasteiger partial charge on any atom is 0.220 e. The van der Waals surface area contributed by atoms with Gasteiger partial charge in [0, 0.05) is 6.42 Å². The lowest BCUT2D eigenvalue weighted by molar-refractivity contribution is -0.123. The van der Waals surface area contributed by atoms with Gasteiger partial charge in [0.1, 0.15) is 0 Å². The Hall–Kier alpha value is -1.91. The van der Waals surface area contributed by atoms with E-state index in [2.05, 4.69) is 67.8 Å². The van der Waals surface area contributed by atoms with Gasteiger partial charge in [-0.3, -0.25) is 4.79 Å². The maximum atomic E-state index is 12.5. The van der Waals surface area contributed by atoms with E-state index in [-0.39, 0.29) is 12.5 Å². The zero-order valence-electron chi connectivity index (χ0n) is 55.8. The van der Waals surface area contributed by atoms with Gasteiger partial charge in [-0.1, -0.05) is 389 Å². The molecule has 0 bridgehead atoms. The molecule has 4 nitrogen and oxygen atoms in total. The number of carbonyl (C=O) groups is 1. The Balaban J connectivity index is 3.45. The van der Waals surface area contributed by atoms with Gasteiger partial charge in [-0.2, -0.15) is 0 Å². The smallest absolute Gasteiger partial charge is 0.220 e. The van der Waals surface area contributed by atoms with Crippen LogP contribution < -0.4 is 5.32 Å². The predicted molar refractivity (Wildman–Crippen MR) is 368 cm³/mol. The summed E-state index contributed by atoms with van der Waals surface area (Å²) in [7, 11) is 0. The molecule has 0 saturated heterocycles. The van der Waals surface area contributed by atoms with Crippen LogP contribution in [0.4, 0.5) is 0 Å². The first-order chi connectivity index (χ1) is 40.7. The predicted octanol–water partition coefficient (Wildman–Crippen LogP) is 25.8. The van der Waals surface area contributed by atoms with E-state index in [0.29, 0.717) is 6.42 Å². The van der Waals surface area contributed by atoms with Crippen molar-refractivity contribution in [3.8, 4) is 0 Å². The molecular formula is C78H147NO3. The summed E-state index contributed by atoms with van der Waals surface area (Å²) in [4.78, 5) is 12.5. The Morgan fingerprint density at radius 2 is 0.512 bits per heavy atom. The normalized spacial score (nSPS) is 13.0. The van der Waals surface area contributed by atoms with Gasteiger partial charge < -0.3 is 15.5 Å². The summed E-state index contributed by atoms with van der Waals surface area (Å²) in [6.07, 6.45) is 105. The molecule has 1 amide bonds. The molecule has 3 N–H and O–H groups in total. The lowest BCUT2D eigenvalue weighted by atomic mass is 10.0. The van der Waals surface area contributed by atoms with Crippen LogP contribution in [0.3, 0.4) is 0 Å². The van der Waals surface area contributed by atoms with Crippen molar-refractivity contribution in [2.75, 3.05) is 6.61 Å². The summed E-state index contributed by atoms with van der Waals surface area (Å²) < 4.78 is 0. The van der Waals surface area contributed by atoms with Gasteiger partial charge in [-0.15, -0.1) is 0 Å². The third kappa shape index (κ3) is 68.9. The summed E-state index contributed by atoms with van der Waals surface area (Å²) in [6, 6.07) is -0.648. The molecule has 2 atom stereocenters. The van der Waals surface area contributed by atoms with Gasteiger partial charge >= 0.3 is 0 Å². The Morgan fingerprint density at radius 1 is 0.293 bits per heavy atom. The fourth-order valence-corrected chi connectivity index (χ4v) is 11.8. The van der Waals surface area contributed by atoms with E-state index in [1.807, 2.05) is 6.08 Å². The van der Waals surface area contributed by atoms with Crippen molar-refractivity contribution < 1.29 is 15.0 Å². The van der Waals surface area contributed by atoms with Crippen molar-refractivity contribution in [3.63, 3.8) is 0 Å². The highest BCUT2D eigenvalue weighted by Crippen LogP contribution is 2.19. The summed E-state index contributed by atoms with van der Waals surface area (Å²) in [5.41, 5.74) is 0. The zero-order chi connectivity index (χ0) is 59.1. The van der Waals surface area contributed by atoms with Crippen LogP contribution in [0.15, 0.2) is 60.8 Å². The van der Waals surface area contributed by atoms with E-state index in [9.17, 15) is 15.0 Å². The van der Waals surface area contributed by atoms with Crippen molar-refractivity contribution >= 4 is 5.91 Å². The molecule has 0 saturated carbocycles. The highest BCUT2D eigenvalue weighted by Gasteiger charge is 2.18. The molecule has 0 aromatic heterocycles. The number of unbranched alkanes of at least 4 members (excludes halogenated alkanes) is 55. The van der Waals surface area contributed by atoms with Crippen LogP contribution in [-0.4, -0.2) is 34.9 Å². The second-order valence-corrected chi connectivity index (χ2v) is 25.7. The summed E-state index contributed by atoms with van der Waals surface area (Å²) >= 11 is 0. The standard InChI is InChI=1S/C78H147NO3/c1-3-5-7-9-11-13-15-17-19-21-23-25-27-29-31-33-35-36-37-38-39-40-41-42-44-46-48-50-52-54-56-58-60-62-64-66-68-70-72-74-78(82)79-76(75-80)77(81)73-71-69-67-65-63-61-59-57-55-53-51-49-47-45-43-34-32-30-28-26-24-22-20-18-16-14-12-10-8-6-4-2/h15,17,21,23,55,57,63,65,71,73,76-77,80-81H,3-14,16,18-20,22,24-54,56,58-62,64,66-70,72,74-75H2,1-2H3,(H,79,82)/b17-15-,23-21-,57-55+,65-63+,73-71+. The molecule has 0 heterocycles. The van der Waals surface area contributed by atoms with Crippen LogP contribution in [0.5, 0.6) is 0 Å². The first kappa shape index (κ1) is 80.1. The quantitative estimate of drug-likeness (QED) is 0.0420. The third-order valence-electron chi connectivity index (χ3n) is 17.5. The molecule has 0 aliphatic rings. The maximum absolute atomic E-state index is 12.5. The van der Waals surface area contributed by atoms with Gasteiger partial charge in [0.15, 0.2) is 0 Å². The number of hydrogen-bond acceptors (Lipinski definition) is 3. The molecule has 0 aromatic rings. The van der Waals surface area contributed by atoms with E-state index in [0.717, 1.165) is 44.9 Å². The van der Waals surface area contributed by atoms with E-state index in [1.165, 1.54) is 347 Å². The summed E-state index contributed by atoms with van der Waals surface area (Å²) in [5.74, 6) is -0.0704. The molecule has 0 rings (SSSR count). The lowest BCUT2D eigenvalue weighted by Crippen LogP contribution is -2.45. The summed E-state index contributed by atoms with van der Waals surface area (Å²) in [5, 5.41) is 23.3. The van der Waals surface area contributed by atoms with E-state index >= 15 is 0 Å². The molecule has 0 aromatic carbocycles. The third-order valence-corrected chi connectivity index (χ3v) is 17.5. The molecule has 0 fully saturated rings. The Morgan fingerprint density at radius 3 is 0.780 bits per heavy atom. The number of rotatable bonds is 70. The molecule has 482 valence electrons. The number of carbonyl (C=O) groups excluding carboxylic acids is 1. The van der Waals surface area contributed by atoms with Crippen LogP contribution in [0.1, 0.15) is 412 Å². The first-order valence-electron chi connectivity index (χ1n) is 37.5. The average molecular weight is 1150 g/mol. The van der Waals surface area contributed by atoms with Crippen LogP contribution in [0.25, 0.3) is 0 Å². The van der Waals surface area contributed by atoms with Crippen molar-refractivity contribution in [1.82, 2.24) is 5.32 Å². The Bertz CT molecular complexity index is 1350. The lowest BCUT2D eigenvalue weighted by Gasteiger charge is -2.19. The molecule has 4 heteroatoms. The molecule has 2 unspecified atom stereocenters. The highest BCUT2D eigenvalue weighted by molar-refractivity contribution is 5.76. The van der Waals surface area contributed by atoms with Crippen molar-refractivity contribution in [1.29, 1.82) is 0 Å². The number of amides is 1. The minimum Gasteiger partial charge on any atom is -0.394 e. The first-order valence-corrected chi connectivity index (χ1v) is 37.5. The van der Waals surface area contributed by atoms with Gasteiger partial charge in [-0.25, -0.2) is 0 Å². The van der Waals surface area contributed by atoms with Crippen molar-refractivity contribution in [2.24, 2.45) is 0 Å². The average Bonchev–Trinajstić information content (AvgIpc) is 3.50. The molecule has 0 aliphatic heterocycles. The Labute approximate surface area is 515 Å². The molecular weight excluding hydrogens is 999 g/mol. The summed E-state index contributed by atoms with van der Waals surface area (Å²) in [6.45, 7) is 4.33. The fourth-order valence-electron chi connectivity index (χ4n) is 11.8. The zero-order valence-corrected chi connectivity index (χ0v) is 55.8. The minimum absolute atomic E-state index is 0.0704. The molecule has 0 aliphatic carbocycles. The van der Waals surface area contributed by atoms with Crippen LogP contribution in [0, 0.1) is 0 Å². The van der Waals surface area contributed by atoms with Crippen LogP contribution in [-0.2, 0) is 4.79 Å². The number of aliphatic hydroxyl groups excluding tert-OH is 2. The number of allylic oxidation sites excluding steroid dienone is 9. The Kier molecular flexibility index (Phi) is 71.6. The van der Waals surface area contributed by atoms with Gasteiger partial charge in [0.05, 0.1) is 18.8 Å². The van der Waals surface area contributed by atoms with Crippen LogP contribution in [0.2, 0.25) is 0 Å². The van der Waals surface area contributed by atoms with E-state index in [4.69, 9.17) is 0 Å². The van der Waals surface area contributed by atoms with E-state index < -0.39 is 12.1 Å². The molecule has 0 radical (unpaired) electrons. The molecule has 82 heavy (non-hydrogen) atoms. The van der Waals surface area contributed by atoms with Gasteiger partial charge in [-0.05, 0) is 77.0 Å². The van der Waals surface area contributed by atoms with Gasteiger partial charge in [0.25, 0.3) is 0 Å². The van der Waals surface area contributed by atoms with Crippen molar-refractivity contribution in [2.45, 2.75) is 424 Å². The second kappa shape index (κ2) is 73.3. The van der Waals surface area contributed by atoms with Crippen molar-refractivity contribution in [3.05, 3.63) is 60.8 Å².